The first-order chi connectivity index (χ1) is 8.15. The van der Waals surface area contributed by atoms with Crippen LogP contribution >= 0.6 is 39.3 Å². The quantitative estimate of drug-likeness (QED) is 0.850. The molecule has 0 fully saturated rings. The highest BCUT2D eigenvalue weighted by Crippen LogP contribution is 2.29. The predicted molar refractivity (Wildman–Crippen MR) is 77.4 cm³/mol. The Labute approximate surface area is 118 Å². The SMILES string of the molecule is Nc1cnc(SCc2ccc(Cl)cc2)c(Br)c1. The summed E-state index contributed by atoms with van der Waals surface area (Å²) in [6.07, 6.45) is 1.66. The van der Waals surface area contributed by atoms with Crippen molar-refractivity contribution >= 4 is 45.0 Å². The summed E-state index contributed by atoms with van der Waals surface area (Å²) in [6, 6.07) is 9.67. The maximum Gasteiger partial charge on any atom is 0.111 e. The number of halogens is 2. The summed E-state index contributed by atoms with van der Waals surface area (Å²) < 4.78 is 0.927. The second-order valence-electron chi connectivity index (χ2n) is 3.47. The molecule has 2 aromatic rings. The molecule has 2 N–H and O–H groups in total. The number of benzene rings is 1. The smallest absolute Gasteiger partial charge is 0.111 e. The van der Waals surface area contributed by atoms with Crippen molar-refractivity contribution in [3.63, 3.8) is 0 Å². The van der Waals surface area contributed by atoms with Crippen molar-refractivity contribution in [1.82, 2.24) is 4.98 Å². The number of anilines is 1. The molecule has 0 spiro atoms. The van der Waals surface area contributed by atoms with Crippen molar-refractivity contribution in [3.8, 4) is 0 Å². The van der Waals surface area contributed by atoms with Gasteiger partial charge in [0, 0.05) is 10.8 Å². The van der Waals surface area contributed by atoms with Gasteiger partial charge in [-0.3, -0.25) is 0 Å². The molecule has 0 saturated carbocycles. The Bertz CT molecular complexity index is 516. The fourth-order valence-corrected chi connectivity index (χ4v) is 2.93. The van der Waals surface area contributed by atoms with Crippen molar-refractivity contribution in [2.75, 3.05) is 5.73 Å². The Morgan fingerprint density at radius 1 is 1.29 bits per heavy atom. The first-order valence-electron chi connectivity index (χ1n) is 4.93. The van der Waals surface area contributed by atoms with Gasteiger partial charge in [-0.15, -0.1) is 11.8 Å². The molecule has 2 rings (SSSR count). The molecule has 17 heavy (non-hydrogen) atoms. The van der Waals surface area contributed by atoms with Crippen LogP contribution in [0.5, 0.6) is 0 Å². The van der Waals surface area contributed by atoms with Gasteiger partial charge < -0.3 is 5.73 Å². The minimum absolute atomic E-state index is 0.660. The molecule has 0 saturated heterocycles. The van der Waals surface area contributed by atoms with Gasteiger partial charge in [-0.05, 0) is 39.7 Å². The molecule has 1 heterocycles. The Morgan fingerprint density at radius 3 is 2.65 bits per heavy atom. The third-order valence-electron chi connectivity index (χ3n) is 2.12. The normalized spacial score (nSPS) is 10.5. The van der Waals surface area contributed by atoms with Crippen LogP contribution < -0.4 is 5.73 Å². The number of nitrogens with zero attached hydrogens (tertiary/aromatic N) is 1. The summed E-state index contributed by atoms with van der Waals surface area (Å²) in [4.78, 5) is 4.28. The van der Waals surface area contributed by atoms with E-state index in [1.54, 1.807) is 18.0 Å². The van der Waals surface area contributed by atoms with E-state index in [1.807, 2.05) is 30.3 Å². The number of thioether (sulfide) groups is 1. The number of hydrogen-bond donors (Lipinski definition) is 1. The average Bonchev–Trinajstić information content (AvgIpc) is 2.30. The van der Waals surface area contributed by atoms with E-state index in [2.05, 4.69) is 20.9 Å². The number of hydrogen-bond acceptors (Lipinski definition) is 3. The monoisotopic (exact) mass is 328 g/mol. The van der Waals surface area contributed by atoms with Gasteiger partial charge in [-0.1, -0.05) is 23.7 Å². The standard InChI is InChI=1S/C12H10BrClN2S/c13-11-5-10(15)6-16-12(11)17-7-8-1-3-9(14)4-2-8/h1-6H,7,15H2. The molecule has 5 heteroatoms. The molecule has 2 nitrogen and oxygen atoms in total. The Kier molecular flexibility index (Phi) is 4.31. The minimum atomic E-state index is 0.660. The zero-order chi connectivity index (χ0) is 12.3. The molecule has 0 unspecified atom stereocenters. The van der Waals surface area contributed by atoms with E-state index in [9.17, 15) is 0 Å². The van der Waals surface area contributed by atoms with E-state index < -0.39 is 0 Å². The molecular formula is C12H10BrClN2S. The van der Waals surface area contributed by atoms with Gasteiger partial charge in [0.25, 0.3) is 0 Å². The Hall–Kier alpha value is -0.710. The Balaban J connectivity index is 2.04. The summed E-state index contributed by atoms with van der Waals surface area (Å²) in [5.41, 5.74) is 7.51. The fraction of sp³-hybridized carbons (Fsp3) is 0.0833. The highest BCUT2D eigenvalue weighted by molar-refractivity contribution is 9.10. The maximum atomic E-state index is 5.83. The van der Waals surface area contributed by atoms with E-state index >= 15 is 0 Å². The lowest BCUT2D eigenvalue weighted by molar-refractivity contribution is 1.11. The first kappa shape index (κ1) is 12.7. The van der Waals surface area contributed by atoms with Gasteiger partial charge in [0.05, 0.1) is 16.4 Å². The number of pyridine rings is 1. The van der Waals surface area contributed by atoms with Crippen LogP contribution in [0, 0.1) is 0 Å². The summed E-state index contributed by atoms with van der Waals surface area (Å²) in [5.74, 6) is 0.854. The fourth-order valence-electron chi connectivity index (χ4n) is 1.28. The third-order valence-corrected chi connectivity index (χ3v) is 4.31. The molecule has 0 aliphatic carbocycles. The van der Waals surface area contributed by atoms with E-state index in [0.29, 0.717) is 5.69 Å². The van der Waals surface area contributed by atoms with Crippen LogP contribution in [0.25, 0.3) is 0 Å². The topological polar surface area (TPSA) is 38.9 Å². The van der Waals surface area contributed by atoms with Gasteiger partial charge in [-0.25, -0.2) is 4.98 Å². The maximum absolute atomic E-state index is 5.83. The predicted octanol–water partition coefficient (Wildman–Crippen LogP) is 4.37. The van der Waals surface area contributed by atoms with Crippen LogP contribution in [0.15, 0.2) is 46.0 Å². The summed E-state index contributed by atoms with van der Waals surface area (Å²) in [5, 5.41) is 1.69. The summed E-state index contributed by atoms with van der Waals surface area (Å²) >= 11 is 10.9. The lowest BCUT2D eigenvalue weighted by Gasteiger charge is -2.04. The average molecular weight is 330 g/mol. The van der Waals surface area contributed by atoms with Crippen molar-refractivity contribution < 1.29 is 0 Å². The third kappa shape index (κ3) is 3.63. The van der Waals surface area contributed by atoms with Crippen LogP contribution in [0.2, 0.25) is 5.02 Å². The number of nitrogens with two attached hydrogens (primary N) is 1. The van der Waals surface area contributed by atoms with Crippen LogP contribution in [-0.2, 0) is 5.75 Å². The molecule has 1 aromatic carbocycles. The highest BCUT2D eigenvalue weighted by Gasteiger charge is 2.03. The number of aromatic nitrogens is 1. The highest BCUT2D eigenvalue weighted by atomic mass is 79.9. The first-order valence-corrected chi connectivity index (χ1v) is 7.09. The second-order valence-corrected chi connectivity index (χ2v) is 5.73. The van der Waals surface area contributed by atoms with Gasteiger partial charge in [-0.2, -0.15) is 0 Å². The van der Waals surface area contributed by atoms with E-state index in [1.165, 1.54) is 5.56 Å². The molecule has 0 amide bonds. The van der Waals surface area contributed by atoms with E-state index in [-0.39, 0.29) is 0 Å². The van der Waals surface area contributed by atoms with Crippen molar-refractivity contribution in [2.24, 2.45) is 0 Å². The minimum Gasteiger partial charge on any atom is -0.397 e. The van der Waals surface area contributed by atoms with Gasteiger partial charge in [0.1, 0.15) is 5.03 Å². The zero-order valence-corrected chi connectivity index (χ0v) is 12.0. The second kappa shape index (κ2) is 5.76. The lowest BCUT2D eigenvalue weighted by Crippen LogP contribution is -1.89. The van der Waals surface area contributed by atoms with E-state index in [0.717, 1.165) is 20.3 Å². The van der Waals surface area contributed by atoms with Crippen molar-refractivity contribution in [1.29, 1.82) is 0 Å². The molecule has 0 aliphatic heterocycles. The van der Waals surface area contributed by atoms with Crippen LogP contribution in [0.1, 0.15) is 5.56 Å². The van der Waals surface area contributed by atoms with Gasteiger partial charge in [0.2, 0.25) is 0 Å². The summed E-state index contributed by atoms with van der Waals surface area (Å²) in [6.45, 7) is 0. The van der Waals surface area contributed by atoms with E-state index in [4.69, 9.17) is 17.3 Å². The molecule has 1 aromatic heterocycles. The summed E-state index contributed by atoms with van der Waals surface area (Å²) in [7, 11) is 0. The van der Waals surface area contributed by atoms with Crippen LogP contribution in [-0.4, -0.2) is 4.98 Å². The molecule has 0 aliphatic rings. The lowest BCUT2D eigenvalue weighted by atomic mass is 10.2. The molecule has 0 atom stereocenters. The Morgan fingerprint density at radius 2 is 2.00 bits per heavy atom. The largest absolute Gasteiger partial charge is 0.397 e. The van der Waals surface area contributed by atoms with Crippen molar-refractivity contribution in [2.45, 2.75) is 10.8 Å². The molecule has 88 valence electrons. The molecular weight excluding hydrogens is 320 g/mol. The van der Waals surface area contributed by atoms with Gasteiger partial charge in [0.15, 0.2) is 0 Å². The van der Waals surface area contributed by atoms with Gasteiger partial charge >= 0.3 is 0 Å². The zero-order valence-electron chi connectivity index (χ0n) is 8.86. The number of rotatable bonds is 3. The molecule has 0 radical (unpaired) electrons. The van der Waals surface area contributed by atoms with Crippen molar-refractivity contribution in [3.05, 3.63) is 51.6 Å². The van der Waals surface area contributed by atoms with Crippen LogP contribution in [0.4, 0.5) is 5.69 Å². The van der Waals surface area contributed by atoms with Crippen LogP contribution in [0.3, 0.4) is 0 Å². The molecule has 0 bridgehead atoms. The number of nitrogen functional groups attached to an aromatic ring is 1.